The van der Waals surface area contributed by atoms with Crippen LogP contribution in [0.3, 0.4) is 0 Å². The van der Waals surface area contributed by atoms with E-state index in [1.165, 1.54) is 0 Å². The number of rotatable bonds is 3. The second kappa shape index (κ2) is 4.36. The Balaban J connectivity index is 3.54. The van der Waals surface area contributed by atoms with Crippen LogP contribution in [0.25, 0.3) is 0 Å². The van der Waals surface area contributed by atoms with E-state index in [4.69, 9.17) is 0 Å². The summed E-state index contributed by atoms with van der Waals surface area (Å²) in [5, 5.41) is 0. The lowest BCUT2D eigenvalue weighted by Crippen LogP contribution is -2.25. The molecular weight excluding hydrogens is 114 g/mol. The molecule has 53 valence electrons. The molecule has 0 bridgehead atoms. The molecule has 9 heavy (non-hydrogen) atoms. The van der Waals surface area contributed by atoms with Crippen LogP contribution in [0.1, 0.15) is 27.2 Å². The third-order valence-corrected chi connectivity index (χ3v) is 1.15. The highest BCUT2D eigenvalue weighted by Gasteiger charge is 2.02. The first kappa shape index (κ1) is 8.47. The number of nitrogens with zero attached hydrogens (tertiary/aromatic N) is 1. The SMILES string of the molecule is CC[CH]N(CC)C(C)=O. The van der Waals surface area contributed by atoms with Crippen LogP contribution >= 0.6 is 0 Å². The van der Waals surface area contributed by atoms with E-state index >= 15 is 0 Å². The molecule has 0 aliphatic rings. The zero-order valence-corrected chi connectivity index (χ0v) is 6.35. The number of carbonyl (C=O) groups is 1. The molecule has 0 rings (SSSR count). The molecule has 2 nitrogen and oxygen atoms in total. The van der Waals surface area contributed by atoms with Gasteiger partial charge in [-0.2, -0.15) is 0 Å². The molecule has 0 aromatic carbocycles. The first-order chi connectivity index (χ1) is 4.22. The highest BCUT2D eigenvalue weighted by atomic mass is 16.2. The Hall–Kier alpha value is -0.530. The quantitative estimate of drug-likeness (QED) is 0.563. The van der Waals surface area contributed by atoms with Crippen LogP contribution in [0, 0.1) is 6.54 Å². The minimum atomic E-state index is 0.124. The Morgan fingerprint density at radius 3 is 2.22 bits per heavy atom. The van der Waals surface area contributed by atoms with E-state index in [0.29, 0.717) is 0 Å². The van der Waals surface area contributed by atoms with Gasteiger partial charge in [-0.3, -0.25) is 4.79 Å². The summed E-state index contributed by atoms with van der Waals surface area (Å²) < 4.78 is 0. The van der Waals surface area contributed by atoms with Crippen molar-refractivity contribution in [2.45, 2.75) is 27.2 Å². The van der Waals surface area contributed by atoms with Crippen molar-refractivity contribution in [1.29, 1.82) is 0 Å². The van der Waals surface area contributed by atoms with Crippen molar-refractivity contribution in [2.75, 3.05) is 6.54 Å². The lowest BCUT2D eigenvalue weighted by Gasteiger charge is -2.16. The fourth-order valence-corrected chi connectivity index (χ4v) is 0.701. The third-order valence-electron chi connectivity index (χ3n) is 1.15. The van der Waals surface area contributed by atoms with Crippen LogP contribution in [0.5, 0.6) is 0 Å². The maximum atomic E-state index is 10.7. The summed E-state index contributed by atoms with van der Waals surface area (Å²) in [6.07, 6.45) is 0.924. The average Bonchev–Trinajstić information content (AvgIpc) is 1.82. The molecule has 0 atom stereocenters. The van der Waals surface area contributed by atoms with E-state index in [9.17, 15) is 4.79 Å². The summed E-state index contributed by atoms with van der Waals surface area (Å²) in [7, 11) is 0. The summed E-state index contributed by atoms with van der Waals surface area (Å²) in [6.45, 7) is 8.25. The van der Waals surface area contributed by atoms with Crippen LogP contribution in [0.2, 0.25) is 0 Å². The summed E-state index contributed by atoms with van der Waals surface area (Å²) in [5.74, 6) is 0.124. The maximum Gasteiger partial charge on any atom is 0.219 e. The molecule has 1 amide bonds. The predicted molar refractivity (Wildman–Crippen MR) is 37.7 cm³/mol. The smallest absolute Gasteiger partial charge is 0.219 e. The Morgan fingerprint density at radius 1 is 1.56 bits per heavy atom. The molecule has 0 saturated heterocycles. The third kappa shape index (κ3) is 3.12. The molecule has 0 heterocycles. The number of hydrogen-bond donors (Lipinski definition) is 0. The summed E-state index contributed by atoms with van der Waals surface area (Å²) >= 11 is 0. The maximum absolute atomic E-state index is 10.7. The van der Waals surface area contributed by atoms with Crippen LogP contribution in [-0.2, 0) is 4.79 Å². The molecule has 0 aliphatic heterocycles. The Morgan fingerprint density at radius 2 is 2.11 bits per heavy atom. The van der Waals surface area contributed by atoms with Crippen molar-refractivity contribution in [2.24, 2.45) is 0 Å². The number of amides is 1. The zero-order valence-electron chi connectivity index (χ0n) is 6.35. The van der Waals surface area contributed by atoms with Crippen molar-refractivity contribution in [3.63, 3.8) is 0 Å². The largest absolute Gasteiger partial charge is 0.338 e. The second-order valence-corrected chi connectivity index (χ2v) is 1.90. The Bertz CT molecular complexity index is 90.9. The lowest BCUT2D eigenvalue weighted by molar-refractivity contribution is -0.127. The number of carbonyl (C=O) groups excluding carboxylic acids is 1. The Labute approximate surface area is 56.9 Å². The van der Waals surface area contributed by atoms with Gasteiger partial charge < -0.3 is 4.90 Å². The van der Waals surface area contributed by atoms with Crippen molar-refractivity contribution in [3.8, 4) is 0 Å². The van der Waals surface area contributed by atoms with Crippen LogP contribution in [-0.4, -0.2) is 17.4 Å². The molecule has 0 aromatic rings. The topological polar surface area (TPSA) is 20.3 Å². The minimum absolute atomic E-state index is 0.124. The van der Waals surface area contributed by atoms with Gasteiger partial charge in [0.15, 0.2) is 0 Å². The van der Waals surface area contributed by atoms with Gasteiger partial charge in [0, 0.05) is 13.5 Å². The second-order valence-electron chi connectivity index (χ2n) is 1.90. The molecule has 0 N–H and O–H groups in total. The van der Waals surface area contributed by atoms with Crippen molar-refractivity contribution < 1.29 is 4.79 Å². The van der Waals surface area contributed by atoms with Gasteiger partial charge in [-0.15, -0.1) is 0 Å². The van der Waals surface area contributed by atoms with Gasteiger partial charge in [0.1, 0.15) is 0 Å². The monoisotopic (exact) mass is 128 g/mol. The van der Waals surface area contributed by atoms with Crippen molar-refractivity contribution >= 4 is 5.91 Å². The van der Waals surface area contributed by atoms with Gasteiger partial charge >= 0.3 is 0 Å². The van der Waals surface area contributed by atoms with Crippen molar-refractivity contribution in [3.05, 3.63) is 6.54 Å². The van der Waals surface area contributed by atoms with Crippen molar-refractivity contribution in [1.82, 2.24) is 4.90 Å². The van der Waals surface area contributed by atoms with E-state index in [1.54, 1.807) is 11.8 Å². The highest BCUT2D eigenvalue weighted by Crippen LogP contribution is 1.95. The normalized spacial score (nSPS) is 9.22. The van der Waals surface area contributed by atoms with Gasteiger partial charge in [-0.25, -0.2) is 0 Å². The molecule has 0 spiro atoms. The number of hydrogen-bond acceptors (Lipinski definition) is 1. The molecule has 1 radical (unpaired) electrons. The van der Waals surface area contributed by atoms with Gasteiger partial charge in [0.05, 0.1) is 6.54 Å². The molecule has 0 saturated carbocycles. The highest BCUT2D eigenvalue weighted by molar-refractivity contribution is 5.73. The molecule has 2 heteroatoms. The molecule has 0 fully saturated rings. The molecule has 0 aromatic heterocycles. The van der Waals surface area contributed by atoms with E-state index < -0.39 is 0 Å². The average molecular weight is 128 g/mol. The standard InChI is InChI=1S/C7H14NO/c1-4-6-8(5-2)7(3)9/h6H,4-5H2,1-3H3. The first-order valence-electron chi connectivity index (χ1n) is 3.32. The van der Waals surface area contributed by atoms with E-state index in [1.807, 2.05) is 20.4 Å². The molecule has 0 aliphatic carbocycles. The summed E-state index contributed by atoms with van der Waals surface area (Å²) in [6, 6.07) is 0. The van der Waals surface area contributed by atoms with Crippen LogP contribution in [0.4, 0.5) is 0 Å². The Kier molecular flexibility index (Phi) is 4.10. The lowest BCUT2D eigenvalue weighted by atomic mass is 10.4. The zero-order chi connectivity index (χ0) is 7.28. The first-order valence-corrected chi connectivity index (χ1v) is 3.32. The molecule has 0 unspecified atom stereocenters. The molecular formula is C7H14NO. The van der Waals surface area contributed by atoms with Crippen LogP contribution < -0.4 is 0 Å². The summed E-state index contributed by atoms with van der Waals surface area (Å²) in [5.41, 5.74) is 0. The van der Waals surface area contributed by atoms with Gasteiger partial charge in [0.2, 0.25) is 5.91 Å². The summed E-state index contributed by atoms with van der Waals surface area (Å²) in [4.78, 5) is 12.4. The minimum Gasteiger partial charge on any atom is -0.338 e. The predicted octanol–water partition coefficient (Wildman–Crippen LogP) is 1.43. The fraction of sp³-hybridized carbons (Fsp3) is 0.714. The van der Waals surface area contributed by atoms with Gasteiger partial charge in [-0.05, 0) is 13.3 Å². The van der Waals surface area contributed by atoms with Gasteiger partial charge in [-0.1, -0.05) is 6.92 Å². The van der Waals surface area contributed by atoms with E-state index in [-0.39, 0.29) is 5.91 Å². The fourth-order valence-electron chi connectivity index (χ4n) is 0.701. The van der Waals surface area contributed by atoms with Crippen LogP contribution in [0.15, 0.2) is 0 Å². The van der Waals surface area contributed by atoms with E-state index in [2.05, 4.69) is 0 Å². The van der Waals surface area contributed by atoms with E-state index in [0.717, 1.165) is 13.0 Å². The van der Waals surface area contributed by atoms with Gasteiger partial charge in [0.25, 0.3) is 0 Å².